The van der Waals surface area contributed by atoms with Gasteiger partial charge in [-0.2, -0.15) is 0 Å². The second-order valence-corrected chi connectivity index (χ2v) is 3.85. The van der Waals surface area contributed by atoms with Crippen molar-refractivity contribution in [1.82, 2.24) is 10.6 Å². The van der Waals surface area contributed by atoms with Crippen LogP contribution < -0.4 is 10.6 Å². The molecule has 1 aliphatic rings. The van der Waals surface area contributed by atoms with Gasteiger partial charge in [0.15, 0.2) is 0 Å². The van der Waals surface area contributed by atoms with Gasteiger partial charge in [-0.25, -0.2) is 4.79 Å². The Morgan fingerprint density at radius 1 is 1.60 bits per heavy atom. The van der Waals surface area contributed by atoms with E-state index in [9.17, 15) is 9.59 Å². The Labute approximate surface area is 89.2 Å². The number of carbonyl (C=O) groups excluding carboxylic acids is 1. The minimum absolute atomic E-state index is 0.0767. The molecule has 1 fully saturated rings. The highest BCUT2D eigenvalue weighted by Gasteiger charge is 2.25. The second-order valence-electron chi connectivity index (χ2n) is 3.85. The van der Waals surface area contributed by atoms with E-state index in [2.05, 4.69) is 10.6 Å². The molecule has 3 N–H and O–H groups in total. The van der Waals surface area contributed by atoms with Gasteiger partial charge in [0.1, 0.15) is 6.04 Å². The molecule has 1 rings (SSSR count). The number of nitrogens with one attached hydrogen (secondary N) is 2. The first-order chi connectivity index (χ1) is 7.15. The van der Waals surface area contributed by atoms with E-state index in [1.807, 2.05) is 0 Å². The molecular weight excluding hydrogens is 196 g/mol. The summed E-state index contributed by atoms with van der Waals surface area (Å²) in [4.78, 5) is 22.4. The molecule has 2 atom stereocenters. The number of rotatable bonds is 4. The van der Waals surface area contributed by atoms with Gasteiger partial charge in [0.25, 0.3) is 0 Å². The number of aliphatic carboxylic acids is 1. The predicted molar refractivity (Wildman–Crippen MR) is 55.5 cm³/mol. The molecule has 0 radical (unpaired) electrons. The lowest BCUT2D eigenvalue weighted by Crippen LogP contribution is -2.47. The minimum atomic E-state index is -0.963. The standard InChI is InChI=1S/C10H18N2O3/c1-2-8(10(14)15)12-9(13)7-4-3-5-11-6-7/h7-8,11H,2-6H2,1H3,(H,12,13)(H,14,15)/t7?,8-/m0/s1. The quantitative estimate of drug-likeness (QED) is 0.614. The fraction of sp³-hybridized carbons (Fsp3) is 0.800. The van der Waals surface area contributed by atoms with Crippen LogP contribution in [0, 0.1) is 5.92 Å². The maximum Gasteiger partial charge on any atom is 0.326 e. The number of amides is 1. The summed E-state index contributed by atoms with van der Waals surface area (Å²) in [5.41, 5.74) is 0. The van der Waals surface area contributed by atoms with Gasteiger partial charge in [-0.3, -0.25) is 4.79 Å². The molecule has 1 unspecified atom stereocenters. The van der Waals surface area contributed by atoms with Crippen molar-refractivity contribution in [3.63, 3.8) is 0 Å². The van der Waals surface area contributed by atoms with Crippen LogP contribution in [0.25, 0.3) is 0 Å². The Balaban J connectivity index is 2.42. The number of piperidine rings is 1. The molecule has 1 saturated heterocycles. The van der Waals surface area contributed by atoms with E-state index >= 15 is 0 Å². The minimum Gasteiger partial charge on any atom is -0.480 e. The van der Waals surface area contributed by atoms with Crippen molar-refractivity contribution in [2.75, 3.05) is 13.1 Å². The van der Waals surface area contributed by atoms with Gasteiger partial charge < -0.3 is 15.7 Å². The smallest absolute Gasteiger partial charge is 0.326 e. The van der Waals surface area contributed by atoms with E-state index in [1.54, 1.807) is 6.92 Å². The SMILES string of the molecule is CC[C@H](NC(=O)C1CCCNC1)C(=O)O. The average Bonchev–Trinajstić information content (AvgIpc) is 2.26. The van der Waals surface area contributed by atoms with Crippen LogP contribution in [0.2, 0.25) is 0 Å². The van der Waals surface area contributed by atoms with Gasteiger partial charge in [0.2, 0.25) is 5.91 Å². The molecule has 0 aromatic heterocycles. The summed E-state index contributed by atoms with van der Waals surface area (Å²) in [6, 6.07) is -0.751. The fourth-order valence-electron chi connectivity index (χ4n) is 1.70. The zero-order chi connectivity index (χ0) is 11.3. The van der Waals surface area contributed by atoms with E-state index in [-0.39, 0.29) is 11.8 Å². The summed E-state index contributed by atoms with van der Waals surface area (Å²) in [6.45, 7) is 3.35. The molecule has 5 heteroatoms. The van der Waals surface area contributed by atoms with Gasteiger partial charge in [-0.05, 0) is 25.8 Å². The molecular formula is C10H18N2O3. The third-order valence-corrected chi connectivity index (χ3v) is 2.69. The normalized spacial score (nSPS) is 23.1. The number of carboxylic acid groups (broad SMARTS) is 1. The highest BCUT2D eigenvalue weighted by atomic mass is 16.4. The van der Waals surface area contributed by atoms with Crippen LogP contribution in [0.15, 0.2) is 0 Å². The van der Waals surface area contributed by atoms with Gasteiger partial charge in [0, 0.05) is 6.54 Å². The molecule has 0 spiro atoms. The topological polar surface area (TPSA) is 78.4 Å². The van der Waals surface area contributed by atoms with Gasteiger partial charge in [-0.15, -0.1) is 0 Å². The molecule has 1 amide bonds. The third-order valence-electron chi connectivity index (χ3n) is 2.69. The van der Waals surface area contributed by atoms with Gasteiger partial charge >= 0.3 is 5.97 Å². The van der Waals surface area contributed by atoms with E-state index < -0.39 is 12.0 Å². The number of carboxylic acids is 1. The molecule has 0 aliphatic carbocycles. The Morgan fingerprint density at radius 3 is 2.80 bits per heavy atom. The molecule has 0 aromatic carbocycles. The van der Waals surface area contributed by atoms with E-state index in [0.29, 0.717) is 13.0 Å². The van der Waals surface area contributed by atoms with Gasteiger partial charge in [0.05, 0.1) is 5.92 Å². The van der Waals surface area contributed by atoms with Crippen LogP contribution in [0.1, 0.15) is 26.2 Å². The molecule has 1 aliphatic heterocycles. The molecule has 15 heavy (non-hydrogen) atoms. The molecule has 5 nitrogen and oxygen atoms in total. The lowest BCUT2D eigenvalue weighted by atomic mass is 9.98. The Bertz CT molecular complexity index is 237. The van der Waals surface area contributed by atoms with Crippen LogP contribution in [0.4, 0.5) is 0 Å². The maximum atomic E-state index is 11.7. The number of carbonyl (C=O) groups is 2. The van der Waals surface area contributed by atoms with Crippen LogP contribution in [0.3, 0.4) is 0 Å². The summed E-state index contributed by atoms with van der Waals surface area (Å²) in [5.74, 6) is -1.18. The molecule has 0 aromatic rings. The first kappa shape index (κ1) is 12.0. The van der Waals surface area contributed by atoms with Crippen LogP contribution in [0.5, 0.6) is 0 Å². The first-order valence-corrected chi connectivity index (χ1v) is 5.39. The van der Waals surface area contributed by atoms with E-state index in [4.69, 9.17) is 5.11 Å². The monoisotopic (exact) mass is 214 g/mol. The summed E-state index contributed by atoms with van der Waals surface area (Å²) in [7, 11) is 0. The maximum absolute atomic E-state index is 11.7. The summed E-state index contributed by atoms with van der Waals surface area (Å²) in [6.07, 6.45) is 2.23. The van der Waals surface area contributed by atoms with E-state index in [0.717, 1.165) is 19.4 Å². The van der Waals surface area contributed by atoms with Crippen LogP contribution in [-0.4, -0.2) is 36.1 Å². The third kappa shape index (κ3) is 3.51. The second kappa shape index (κ2) is 5.70. The Kier molecular flexibility index (Phi) is 4.55. The fourth-order valence-corrected chi connectivity index (χ4v) is 1.70. The Hall–Kier alpha value is -1.10. The molecule has 0 bridgehead atoms. The van der Waals surface area contributed by atoms with Crippen molar-refractivity contribution in [2.45, 2.75) is 32.2 Å². The lowest BCUT2D eigenvalue weighted by Gasteiger charge is -2.23. The number of hydrogen-bond acceptors (Lipinski definition) is 3. The highest BCUT2D eigenvalue weighted by molar-refractivity contribution is 5.85. The summed E-state index contributed by atoms with van der Waals surface area (Å²) in [5, 5.41) is 14.5. The highest BCUT2D eigenvalue weighted by Crippen LogP contribution is 2.10. The zero-order valence-corrected chi connectivity index (χ0v) is 8.95. The summed E-state index contributed by atoms with van der Waals surface area (Å²) < 4.78 is 0. The lowest BCUT2D eigenvalue weighted by molar-refractivity contribution is -0.142. The van der Waals surface area contributed by atoms with Crippen molar-refractivity contribution in [1.29, 1.82) is 0 Å². The largest absolute Gasteiger partial charge is 0.480 e. The van der Waals surface area contributed by atoms with Crippen molar-refractivity contribution < 1.29 is 14.7 Å². The van der Waals surface area contributed by atoms with Crippen molar-refractivity contribution in [3.05, 3.63) is 0 Å². The van der Waals surface area contributed by atoms with Crippen molar-refractivity contribution >= 4 is 11.9 Å². The molecule has 1 heterocycles. The number of hydrogen-bond donors (Lipinski definition) is 3. The predicted octanol–water partition coefficient (Wildman–Crippen LogP) is -0.0346. The van der Waals surface area contributed by atoms with E-state index in [1.165, 1.54) is 0 Å². The van der Waals surface area contributed by atoms with Crippen molar-refractivity contribution in [3.8, 4) is 0 Å². The molecule has 0 saturated carbocycles. The summed E-state index contributed by atoms with van der Waals surface area (Å²) >= 11 is 0. The zero-order valence-electron chi connectivity index (χ0n) is 8.95. The Morgan fingerprint density at radius 2 is 2.33 bits per heavy atom. The van der Waals surface area contributed by atoms with Crippen molar-refractivity contribution in [2.24, 2.45) is 5.92 Å². The van der Waals surface area contributed by atoms with Crippen LogP contribution >= 0.6 is 0 Å². The van der Waals surface area contributed by atoms with Crippen LogP contribution in [-0.2, 0) is 9.59 Å². The first-order valence-electron chi connectivity index (χ1n) is 5.39. The average molecular weight is 214 g/mol. The molecule has 86 valence electrons. The van der Waals surface area contributed by atoms with Gasteiger partial charge in [-0.1, -0.05) is 6.92 Å².